The van der Waals surface area contributed by atoms with Gasteiger partial charge in [-0.15, -0.1) is 29.0 Å². The molecule has 0 spiro atoms. The molecule has 0 bridgehead atoms. The largest absolute Gasteiger partial charge is 1.00 e. The van der Waals surface area contributed by atoms with Crippen LogP contribution in [0.2, 0.25) is 0 Å². The van der Waals surface area contributed by atoms with Crippen LogP contribution in [0.4, 0.5) is 0 Å². The fourth-order valence-corrected chi connectivity index (χ4v) is 4.61. The summed E-state index contributed by atoms with van der Waals surface area (Å²) in [5.41, 5.74) is 4.74. The number of rotatable bonds is 3. The molecule has 2 aromatic rings. The Hall–Kier alpha value is 0.630. The van der Waals surface area contributed by atoms with E-state index in [1.165, 1.54) is 43.4 Å². The van der Waals surface area contributed by atoms with Crippen LogP contribution in [-0.4, -0.2) is 31.9 Å². The van der Waals surface area contributed by atoms with Gasteiger partial charge in [-0.2, -0.15) is 5.10 Å². The summed E-state index contributed by atoms with van der Waals surface area (Å²) in [7, 11) is 0. The van der Waals surface area contributed by atoms with E-state index in [1.807, 2.05) is 13.8 Å². The van der Waals surface area contributed by atoms with Gasteiger partial charge in [-0.3, -0.25) is 9.82 Å². The van der Waals surface area contributed by atoms with Crippen LogP contribution in [0.1, 0.15) is 49.3 Å². The number of H-pyrrole nitrogens is 1. The molecule has 1 fully saturated rings. The van der Waals surface area contributed by atoms with Crippen molar-refractivity contribution in [1.29, 1.82) is 0 Å². The average molecular weight is 612 g/mol. The van der Waals surface area contributed by atoms with E-state index in [2.05, 4.69) is 66.7 Å². The number of aryl methyl sites for hydroxylation is 2. The van der Waals surface area contributed by atoms with Gasteiger partial charge in [-0.25, -0.2) is 11.9 Å². The monoisotopic (exact) mass is 610 g/mol. The van der Waals surface area contributed by atoms with Gasteiger partial charge in [0, 0.05) is 31.1 Å². The Morgan fingerprint density at radius 3 is 2.15 bits per heavy atom. The molecule has 0 unspecified atom stereocenters. The van der Waals surface area contributed by atoms with E-state index in [1.54, 1.807) is 23.3 Å². The summed E-state index contributed by atoms with van der Waals surface area (Å²) in [6.45, 7) is 3.90. The Morgan fingerprint density at radius 1 is 1.15 bits per heavy atom. The number of hydrogen-bond acceptors (Lipinski definition) is 11. The summed E-state index contributed by atoms with van der Waals surface area (Å²) in [5, 5.41) is 16.5. The molecule has 0 atom stereocenters. The molecule has 0 aromatic carbocycles. The molecule has 2 heterocycles. The van der Waals surface area contributed by atoms with Crippen molar-refractivity contribution in [2.45, 2.75) is 56.3 Å². The predicted molar refractivity (Wildman–Crippen MR) is 147 cm³/mol. The third kappa shape index (κ3) is 25.7. The summed E-state index contributed by atoms with van der Waals surface area (Å²) >= 11 is 12.9. The summed E-state index contributed by atoms with van der Waals surface area (Å²) in [6, 6.07) is 2.76. The number of aromatic amines is 1. The summed E-state index contributed by atoms with van der Waals surface area (Å²) in [4.78, 5) is 0. The zero-order valence-electron chi connectivity index (χ0n) is 19.4. The van der Waals surface area contributed by atoms with Crippen molar-refractivity contribution in [3.05, 3.63) is 14.0 Å². The normalized spacial score (nSPS) is 10.4. The molecular formula is C18H34Cl2N6Na2O2S4. The van der Waals surface area contributed by atoms with E-state index in [0.717, 1.165) is 18.3 Å². The van der Waals surface area contributed by atoms with Crippen LogP contribution in [-0.2, 0) is 0 Å². The maximum absolute atomic E-state index is 7.72. The van der Waals surface area contributed by atoms with Crippen molar-refractivity contribution in [2.24, 2.45) is 5.73 Å². The smallest absolute Gasteiger partial charge is 0.870 e. The van der Waals surface area contributed by atoms with Gasteiger partial charge in [-0.1, -0.05) is 41.9 Å². The minimum atomic E-state index is 0. The quantitative estimate of drug-likeness (QED) is 0.128. The third-order valence-corrected chi connectivity index (χ3v) is 6.09. The number of aromatic nitrogens is 4. The molecule has 2 aromatic heterocycles. The maximum Gasteiger partial charge on any atom is 1.00 e. The van der Waals surface area contributed by atoms with Crippen molar-refractivity contribution < 1.29 is 76.4 Å². The van der Waals surface area contributed by atoms with Crippen molar-refractivity contribution in [3.63, 3.8) is 0 Å². The van der Waals surface area contributed by atoms with Crippen LogP contribution in [0.25, 0.3) is 0 Å². The van der Waals surface area contributed by atoms with E-state index < -0.39 is 0 Å². The summed E-state index contributed by atoms with van der Waals surface area (Å²) in [6.07, 6.45) is 11.5. The van der Waals surface area contributed by atoms with Crippen LogP contribution in [0.15, 0.2) is 4.34 Å². The van der Waals surface area contributed by atoms with Crippen molar-refractivity contribution in [1.82, 2.24) is 25.1 Å². The van der Waals surface area contributed by atoms with E-state index in [0.29, 0.717) is 6.04 Å². The Morgan fingerprint density at radius 2 is 1.76 bits per heavy atom. The molecule has 1 aliphatic carbocycles. The van der Waals surface area contributed by atoms with E-state index in [4.69, 9.17) is 29.0 Å². The number of halogens is 2. The summed E-state index contributed by atoms with van der Waals surface area (Å²) in [5.74, 6) is 8.94. The molecule has 0 amide bonds. The predicted octanol–water partition coefficient (Wildman–Crippen LogP) is -1.19. The Bertz CT molecular complexity index is 964. The van der Waals surface area contributed by atoms with Gasteiger partial charge >= 0.3 is 59.1 Å². The third-order valence-electron chi connectivity index (χ3n) is 3.24. The van der Waals surface area contributed by atoms with Gasteiger partial charge in [0.25, 0.3) is 0 Å². The minimum absolute atomic E-state index is 0. The fraction of sp³-hybridized carbons (Fsp3) is 0.444. The zero-order valence-corrected chi connectivity index (χ0v) is 28.2. The Labute approximate surface area is 281 Å². The number of nitrogens with one attached hydrogen (secondary N) is 2. The second-order valence-electron chi connectivity index (χ2n) is 5.44. The van der Waals surface area contributed by atoms with Crippen molar-refractivity contribution >= 4 is 71.1 Å². The molecule has 0 aliphatic heterocycles. The van der Waals surface area contributed by atoms with Gasteiger partial charge in [0.05, 0.1) is 0 Å². The molecule has 188 valence electrons. The minimum Gasteiger partial charge on any atom is -0.870 e. The number of hydrogen-bond donors (Lipinski definition) is 3. The summed E-state index contributed by atoms with van der Waals surface area (Å²) < 4.78 is 13.0. The second kappa shape index (κ2) is 31.7. The van der Waals surface area contributed by atoms with Gasteiger partial charge in [0.15, 0.2) is 8.29 Å². The molecule has 34 heavy (non-hydrogen) atoms. The van der Waals surface area contributed by atoms with Crippen LogP contribution < -0.4 is 74.2 Å². The first-order valence-electron chi connectivity index (χ1n) is 8.61. The molecule has 1 aliphatic rings. The van der Waals surface area contributed by atoms with Gasteiger partial charge < -0.3 is 15.9 Å². The average Bonchev–Trinajstić information content (AvgIpc) is 3.37. The molecule has 0 saturated heterocycles. The van der Waals surface area contributed by atoms with Crippen molar-refractivity contribution in [3.8, 4) is 36.1 Å². The molecule has 3 rings (SSSR count). The first-order valence-corrected chi connectivity index (χ1v) is 11.8. The van der Waals surface area contributed by atoms with E-state index in [9.17, 15) is 0 Å². The van der Waals surface area contributed by atoms with Gasteiger partial charge in [0.2, 0.25) is 0 Å². The SMILES string of the molecule is C#CC#CC#CN.Cc1n[nH]c(=S)s1.Cc1nnc(SNC2CCCCC2)s1.Cl.[HH].[HH].[HH].[HH].[HH].[Na+].[Na+].[O-]Cl.[OH-]. The maximum atomic E-state index is 7.72. The molecule has 16 heteroatoms. The first kappa shape index (κ1) is 44.6. The topological polar surface area (TPSA) is 146 Å². The van der Waals surface area contributed by atoms with Crippen LogP contribution in [0, 0.1) is 54.0 Å². The molecule has 0 radical (unpaired) electrons. The van der Waals surface area contributed by atoms with E-state index in [-0.39, 0.29) is 84.1 Å². The fourth-order valence-electron chi connectivity index (χ4n) is 2.08. The molecule has 5 N–H and O–H groups in total. The first-order chi connectivity index (χ1) is 14.5. The molecular weight excluding hydrogens is 577 g/mol. The zero-order chi connectivity index (χ0) is 22.6. The van der Waals surface area contributed by atoms with Crippen LogP contribution in [0.5, 0.6) is 0 Å². The van der Waals surface area contributed by atoms with Crippen LogP contribution >= 0.6 is 71.1 Å². The van der Waals surface area contributed by atoms with Crippen molar-refractivity contribution in [2.75, 3.05) is 0 Å². The standard InChI is InChI=1S/C9H15N3S2.C6H3N.C3H4N2S2.ClO.ClH.2Na.H2O.5H2/c1-7-10-11-9(13-7)14-12-8-5-3-2-4-6-8;1-2-3-4-5-6-7;1-2-4-5-3(6)7-2;1-2;;;;;;;;;/h8,12H,2-6H2,1H3;1H,7H2;1H3,(H,5,6);;1H;;;1H2;5*1H/q;;;-1;;2*+1;;;;;;/p-1. The Balaban J connectivity index is -0.0000000375. The second-order valence-corrected chi connectivity index (χ2v) is 9.57. The number of terminal acetylenes is 1. The number of nitrogens with zero attached hydrogens (tertiary/aromatic N) is 3. The Kier molecular flexibility index (Phi) is 41.5. The molecule has 8 nitrogen and oxygen atoms in total. The van der Waals surface area contributed by atoms with E-state index >= 15 is 0 Å². The van der Waals surface area contributed by atoms with Gasteiger partial charge in [0.1, 0.15) is 10.0 Å². The van der Waals surface area contributed by atoms with Crippen LogP contribution in [0.3, 0.4) is 0 Å². The number of nitrogens with two attached hydrogens (primary N) is 1. The molecule has 1 saturated carbocycles. The van der Waals surface area contributed by atoms with Gasteiger partial charge in [-0.05, 0) is 62.7 Å².